The van der Waals surface area contributed by atoms with Crippen molar-refractivity contribution in [1.29, 1.82) is 0 Å². The third kappa shape index (κ3) is 5.97. The fourth-order valence-electron chi connectivity index (χ4n) is 4.04. The second-order valence-electron chi connectivity index (χ2n) is 8.39. The second kappa shape index (κ2) is 11.5. The molecule has 0 spiro atoms. The van der Waals surface area contributed by atoms with Gasteiger partial charge < -0.3 is 10.2 Å². The molecule has 3 aromatic carbocycles. The minimum Gasteiger partial charge on any atom is -0.352 e. The van der Waals surface area contributed by atoms with Crippen LogP contribution < -0.4 is 5.32 Å². The minimum absolute atomic E-state index is 0.00735. The van der Waals surface area contributed by atoms with E-state index in [2.05, 4.69) is 29.6 Å². The molecule has 4 heteroatoms. The third-order valence-corrected chi connectivity index (χ3v) is 6.07. The maximum absolute atomic E-state index is 13.5. The maximum atomic E-state index is 13.5. The van der Waals surface area contributed by atoms with Crippen molar-refractivity contribution in [3.8, 4) is 0 Å². The number of carbonyl (C=O) groups is 2. The molecule has 0 aromatic heterocycles. The first kappa shape index (κ1) is 23.5. The zero-order valence-corrected chi connectivity index (χ0v) is 19.4. The lowest BCUT2D eigenvalue weighted by Gasteiger charge is -2.31. The van der Waals surface area contributed by atoms with Gasteiger partial charge in [0.05, 0.1) is 0 Å². The normalized spacial score (nSPS) is 12.8. The summed E-state index contributed by atoms with van der Waals surface area (Å²) in [5.41, 5.74) is 2.19. The summed E-state index contributed by atoms with van der Waals surface area (Å²) in [5.74, 6) is -0.0655. The second-order valence-corrected chi connectivity index (χ2v) is 8.39. The number of nitrogens with one attached hydrogen (secondary N) is 1. The van der Waals surface area contributed by atoms with Gasteiger partial charge in [0, 0.05) is 19.0 Å². The number of hydrogen-bond acceptors (Lipinski definition) is 2. The standard InChI is InChI=1S/C28H34N2O2/c1-4-21(3)29-28(32)26(5-2)30(20-22-12-7-6-8-13-22)27(31)19-18-24-16-11-15-23-14-9-10-17-25(23)24/h6-17,21,26H,4-5,18-20H2,1-3H3,(H,29,32). The molecule has 3 rings (SSSR count). The van der Waals surface area contributed by atoms with E-state index in [1.54, 1.807) is 4.90 Å². The Morgan fingerprint density at radius 1 is 0.875 bits per heavy atom. The third-order valence-electron chi connectivity index (χ3n) is 6.07. The van der Waals surface area contributed by atoms with Gasteiger partial charge in [-0.2, -0.15) is 0 Å². The topological polar surface area (TPSA) is 49.4 Å². The molecule has 2 amide bonds. The molecule has 0 radical (unpaired) electrons. The Balaban J connectivity index is 1.81. The van der Waals surface area contributed by atoms with E-state index >= 15 is 0 Å². The molecular weight excluding hydrogens is 396 g/mol. The summed E-state index contributed by atoms with van der Waals surface area (Å²) in [6, 6.07) is 24.0. The van der Waals surface area contributed by atoms with Crippen LogP contribution in [0.15, 0.2) is 72.8 Å². The molecule has 32 heavy (non-hydrogen) atoms. The summed E-state index contributed by atoms with van der Waals surface area (Å²) in [6.45, 7) is 6.44. The summed E-state index contributed by atoms with van der Waals surface area (Å²) < 4.78 is 0. The number of benzene rings is 3. The molecule has 0 aliphatic carbocycles. The van der Waals surface area contributed by atoms with Crippen molar-refractivity contribution in [1.82, 2.24) is 10.2 Å². The Morgan fingerprint density at radius 2 is 1.56 bits per heavy atom. The molecule has 0 saturated carbocycles. The molecule has 168 valence electrons. The molecule has 2 unspecified atom stereocenters. The van der Waals surface area contributed by atoms with Gasteiger partial charge in [-0.15, -0.1) is 0 Å². The van der Waals surface area contributed by atoms with Crippen LogP contribution in [-0.2, 0) is 22.6 Å². The molecule has 4 nitrogen and oxygen atoms in total. The van der Waals surface area contributed by atoms with E-state index < -0.39 is 6.04 Å². The fourth-order valence-corrected chi connectivity index (χ4v) is 4.04. The molecule has 1 N–H and O–H groups in total. The van der Waals surface area contributed by atoms with E-state index in [0.29, 0.717) is 25.8 Å². The quantitative estimate of drug-likeness (QED) is 0.462. The molecule has 0 fully saturated rings. The summed E-state index contributed by atoms with van der Waals surface area (Å²) in [5, 5.41) is 5.43. The SMILES string of the molecule is CCC(C)NC(=O)C(CC)N(Cc1ccccc1)C(=O)CCc1cccc2ccccc12. The van der Waals surface area contributed by atoms with Gasteiger partial charge in [0.2, 0.25) is 11.8 Å². The fraction of sp³-hybridized carbons (Fsp3) is 0.357. The highest BCUT2D eigenvalue weighted by Gasteiger charge is 2.29. The van der Waals surface area contributed by atoms with Gasteiger partial charge in [-0.3, -0.25) is 9.59 Å². The van der Waals surface area contributed by atoms with Gasteiger partial charge in [-0.1, -0.05) is 86.6 Å². The van der Waals surface area contributed by atoms with Gasteiger partial charge in [0.1, 0.15) is 6.04 Å². The van der Waals surface area contributed by atoms with Gasteiger partial charge in [-0.25, -0.2) is 0 Å². The van der Waals surface area contributed by atoms with Crippen LogP contribution in [0.2, 0.25) is 0 Å². The van der Waals surface area contributed by atoms with E-state index in [9.17, 15) is 9.59 Å². The molecule has 3 aromatic rings. The maximum Gasteiger partial charge on any atom is 0.243 e. The number of carbonyl (C=O) groups excluding carboxylic acids is 2. The Kier molecular flexibility index (Phi) is 8.43. The molecule has 0 aliphatic heterocycles. The van der Waals surface area contributed by atoms with Gasteiger partial charge in [0.25, 0.3) is 0 Å². The van der Waals surface area contributed by atoms with E-state index in [0.717, 1.165) is 17.5 Å². The average molecular weight is 431 g/mol. The van der Waals surface area contributed by atoms with E-state index in [1.807, 2.05) is 69.3 Å². The lowest BCUT2D eigenvalue weighted by molar-refractivity contribution is -0.141. The highest BCUT2D eigenvalue weighted by molar-refractivity contribution is 5.89. The van der Waals surface area contributed by atoms with Crippen molar-refractivity contribution < 1.29 is 9.59 Å². The zero-order valence-electron chi connectivity index (χ0n) is 19.4. The van der Waals surface area contributed by atoms with Crippen molar-refractivity contribution in [2.45, 2.75) is 65.1 Å². The highest BCUT2D eigenvalue weighted by Crippen LogP contribution is 2.21. The van der Waals surface area contributed by atoms with Crippen molar-refractivity contribution in [2.24, 2.45) is 0 Å². The zero-order chi connectivity index (χ0) is 22.9. The molecule has 0 heterocycles. The molecule has 0 bridgehead atoms. The molecule has 0 aliphatic rings. The van der Waals surface area contributed by atoms with Gasteiger partial charge >= 0.3 is 0 Å². The predicted octanol–water partition coefficient (Wildman–Crippen LogP) is 5.49. The van der Waals surface area contributed by atoms with Crippen molar-refractivity contribution in [3.63, 3.8) is 0 Å². The highest BCUT2D eigenvalue weighted by atomic mass is 16.2. The smallest absolute Gasteiger partial charge is 0.243 e. The van der Waals surface area contributed by atoms with Crippen LogP contribution in [0.4, 0.5) is 0 Å². The van der Waals surface area contributed by atoms with E-state index in [4.69, 9.17) is 0 Å². The molecule has 0 saturated heterocycles. The Hall–Kier alpha value is -3.14. The largest absolute Gasteiger partial charge is 0.352 e. The number of fused-ring (bicyclic) bond motifs is 1. The van der Waals surface area contributed by atoms with Crippen LogP contribution in [0, 0.1) is 0 Å². The average Bonchev–Trinajstić information content (AvgIpc) is 2.82. The number of nitrogens with zero attached hydrogens (tertiary/aromatic N) is 1. The van der Waals surface area contributed by atoms with E-state index in [1.165, 1.54) is 10.8 Å². The number of hydrogen-bond donors (Lipinski definition) is 1. The lowest BCUT2D eigenvalue weighted by Crippen LogP contribution is -2.50. The molecule has 2 atom stereocenters. The Labute approximate surface area is 191 Å². The van der Waals surface area contributed by atoms with Crippen LogP contribution in [0.25, 0.3) is 10.8 Å². The first-order valence-corrected chi connectivity index (χ1v) is 11.6. The first-order valence-electron chi connectivity index (χ1n) is 11.6. The Bertz CT molecular complexity index is 1030. The van der Waals surface area contributed by atoms with Crippen LogP contribution in [0.3, 0.4) is 0 Å². The number of aryl methyl sites for hydroxylation is 1. The van der Waals surface area contributed by atoms with Gasteiger partial charge in [0.15, 0.2) is 0 Å². The summed E-state index contributed by atoms with van der Waals surface area (Å²) in [4.78, 5) is 28.2. The first-order chi connectivity index (χ1) is 15.5. The van der Waals surface area contributed by atoms with Crippen molar-refractivity contribution >= 4 is 22.6 Å². The number of amides is 2. The van der Waals surface area contributed by atoms with Crippen LogP contribution in [0.5, 0.6) is 0 Å². The van der Waals surface area contributed by atoms with E-state index in [-0.39, 0.29) is 17.9 Å². The predicted molar refractivity (Wildman–Crippen MR) is 131 cm³/mol. The summed E-state index contributed by atoms with van der Waals surface area (Å²) in [6.07, 6.45) is 2.45. The monoisotopic (exact) mass is 430 g/mol. The van der Waals surface area contributed by atoms with Gasteiger partial charge in [-0.05, 0) is 48.1 Å². The Morgan fingerprint density at radius 3 is 2.28 bits per heavy atom. The van der Waals surface area contributed by atoms with Crippen LogP contribution in [-0.4, -0.2) is 28.8 Å². The minimum atomic E-state index is -0.482. The van der Waals surface area contributed by atoms with Crippen LogP contribution in [0.1, 0.15) is 51.2 Å². The number of rotatable bonds is 10. The van der Waals surface area contributed by atoms with Crippen molar-refractivity contribution in [3.05, 3.63) is 83.9 Å². The lowest BCUT2D eigenvalue weighted by atomic mass is 10.00. The summed E-state index contributed by atoms with van der Waals surface area (Å²) >= 11 is 0. The van der Waals surface area contributed by atoms with Crippen LogP contribution >= 0.6 is 0 Å². The summed E-state index contributed by atoms with van der Waals surface area (Å²) in [7, 11) is 0. The van der Waals surface area contributed by atoms with Crippen molar-refractivity contribution in [2.75, 3.05) is 0 Å². The molecular formula is C28H34N2O2.